The zero-order chi connectivity index (χ0) is 20.4. The van der Waals surface area contributed by atoms with E-state index in [1.54, 1.807) is 4.57 Å². The van der Waals surface area contributed by atoms with Crippen LogP contribution in [0.3, 0.4) is 0 Å². The average molecular weight is 410 g/mol. The normalized spacial score (nSPS) is 16.2. The molecule has 1 amide bonds. The topological polar surface area (TPSA) is 64.0 Å². The number of thioether (sulfide) groups is 1. The molecule has 0 aliphatic heterocycles. The Balaban J connectivity index is 1.64. The van der Waals surface area contributed by atoms with Crippen molar-refractivity contribution in [1.29, 1.82) is 0 Å². The van der Waals surface area contributed by atoms with Gasteiger partial charge in [-0.15, -0.1) is 0 Å². The van der Waals surface area contributed by atoms with Crippen LogP contribution in [-0.4, -0.2) is 26.8 Å². The second-order valence-electron chi connectivity index (χ2n) is 7.76. The third kappa shape index (κ3) is 4.17. The molecule has 0 spiro atoms. The molecule has 1 heterocycles. The second kappa shape index (κ2) is 8.57. The molecule has 0 bridgehead atoms. The second-order valence-corrected chi connectivity index (χ2v) is 9.07. The van der Waals surface area contributed by atoms with E-state index in [0.29, 0.717) is 22.6 Å². The van der Waals surface area contributed by atoms with Crippen molar-refractivity contribution in [2.45, 2.75) is 68.9 Å². The summed E-state index contributed by atoms with van der Waals surface area (Å²) in [5.74, 6) is 0.0254. The minimum absolute atomic E-state index is 0.0254. The van der Waals surface area contributed by atoms with Crippen LogP contribution in [0.4, 0.5) is 0 Å². The summed E-state index contributed by atoms with van der Waals surface area (Å²) in [5, 5.41) is 6.18. The van der Waals surface area contributed by atoms with E-state index in [-0.39, 0.29) is 22.8 Å². The van der Waals surface area contributed by atoms with Gasteiger partial charge >= 0.3 is 0 Å². The van der Waals surface area contributed by atoms with E-state index < -0.39 is 0 Å². The molecule has 6 heteroatoms. The van der Waals surface area contributed by atoms with E-state index >= 15 is 0 Å². The average Bonchev–Trinajstić information content (AvgIpc) is 2.73. The van der Waals surface area contributed by atoms with Gasteiger partial charge in [0.2, 0.25) is 5.91 Å². The molecule has 2 aromatic carbocycles. The number of carbonyl (C=O) groups excluding carboxylic acids is 1. The quantitative estimate of drug-likeness (QED) is 0.383. The molecule has 1 atom stereocenters. The first kappa shape index (κ1) is 20.0. The summed E-state index contributed by atoms with van der Waals surface area (Å²) in [7, 11) is 0. The smallest absolute Gasteiger partial charge is 0.262 e. The van der Waals surface area contributed by atoms with Gasteiger partial charge in [0, 0.05) is 12.6 Å². The summed E-state index contributed by atoms with van der Waals surface area (Å²) in [6.07, 6.45) is 5.74. The fourth-order valence-corrected chi connectivity index (χ4v) is 5.02. The molecule has 0 saturated heterocycles. The maximum Gasteiger partial charge on any atom is 0.262 e. The highest BCUT2D eigenvalue weighted by Gasteiger charge is 2.22. The van der Waals surface area contributed by atoms with Crippen LogP contribution in [0, 0.1) is 0 Å². The maximum atomic E-state index is 13.1. The van der Waals surface area contributed by atoms with Gasteiger partial charge in [0.25, 0.3) is 5.56 Å². The number of nitrogens with one attached hydrogen (secondary N) is 1. The monoisotopic (exact) mass is 409 g/mol. The summed E-state index contributed by atoms with van der Waals surface area (Å²) in [4.78, 5) is 30.6. The van der Waals surface area contributed by atoms with E-state index in [0.717, 1.165) is 23.6 Å². The van der Waals surface area contributed by atoms with Crippen molar-refractivity contribution < 1.29 is 4.79 Å². The van der Waals surface area contributed by atoms with E-state index in [4.69, 9.17) is 4.98 Å². The largest absolute Gasteiger partial charge is 0.352 e. The van der Waals surface area contributed by atoms with Crippen molar-refractivity contribution in [2.24, 2.45) is 0 Å². The van der Waals surface area contributed by atoms with Gasteiger partial charge in [0.15, 0.2) is 5.16 Å². The SMILES string of the molecule is CCn1c(S[C@H](C)C(=O)NC2CCCCC2)nc2cc3ccccc3cc2c1=O. The Bertz CT molecular complexity index is 1100. The minimum Gasteiger partial charge on any atom is -0.352 e. The van der Waals surface area contributed by atoms with Gasteiger partial charge in [0.05, 0.1) is 16.2 Å². The molecule has 0 unspecified atom stereocenters. The first-order valence-corrected chi connectivity index (χ1v) is 11.3. The van der Waals surface area contributed by atoms with Gasteiger partial charge in [-0.1, -0.05) is 55.3 Å². The first-order valence-electron chi connectivity index (χ1n) is 10.5. The standard InChI is InChI=1S/C23H27N3O2S/c1-3-26-22(28)19-13-16-9-7-8-10-17(16)14-20(19)25-23(26)29-15(2)21(27)24-18-11-5-4-6-12-18/h7-10,13-15,18H,3-6,11-12H2,1-2H3,(H,24,27)/t15-/m1/s1. The number of hydrogen-bond acceptors (Lipinski definition) is 4. The third-order valence-electron chi connectivity index (χ3n) is 5.71. The number of fused-ring (bicyclic) bond motifs is 2. The van der Waals surface area contributed by atoms with Crippen LogP contribution < -0.4 is 10.9 Å². The van der Waals surface area contributed by atoms with Gasteiger partial charge < -0.3 is 5.32 Å². The molecule has 0 radical (unpaired) electrons. The van der Waals surface area contributed by atoms with Crippen LogP contribution >= 0.6 is 11.8 Å². The van der Waals surface area contributed by atoms with Crippen molar-refractivity contribution in [3.05, 3.63) is 46.8 Å². The Kier molecular flexibility index (Phi) is 5.90. The number of carbonyl (C=O) groups is 1. The van der Waals surface area contributed by atoms with Gasteiger partial charge in [0.1, 0.15) is 0 Å². The lowest BCUT2D eigenvalue weighted by atomic mass is 9.95. The van der Waals surface area contributed by atoms with Crippen LogP contribution in [0.1, 0.15) is 46.0 Å². The summed E-state index contributed by atoms with van der Waals surface area (Å²) in [5.41, 5.74) is 0.631. The molecule has 1 fully saturated rings. The zero-order valence-corrected chi connectivity index (χ0v) is 17.8. The van der Waals surface area contributed by atoms with E-state index in [1.165, 1.54) is 31.0 Å². The lowest BCUT2D eigenvalue weighted by molar-refractivity contribution is -0.121. The molecule has 1 saturated carbocycles. The number of benzene rings is 2. The van der Waals surface area contributed by atoms with Gasteiger partial charge in [-0.2, -0.15) is 0 Å². The Hall–Kier alpha value is -2.34. The van der Waals surface area contributed by atoms with E-state index in [9.17, 15) is 9.59 Å². The summed E-state index contributed by atoms with van der Waals surface area (Å²) in [6, 6.07) is 12.1. The predicted molar refractivity (Wildman–Crippen MR) is 120 cm³/mol. The van der Waals surface area contributed by atoms with E-state index in [2.05, 4.69) is 5.32 Å². The third-order valence-corrected chi connectivity index (χ3v) is 6.80. The van der Waals surface area contributed by atoms with Crippen LogP contribution in [0.5, 0.6) is 0 Å². The van der Waals surface area contributed by atoms with Crippen LogP contribution in [0.2, 0.25) is 0 Å². The molecule has 3 aromatic rings. The number of rotatable bonds is 5. The van der Waals surface area contributed by atoms with Crippen molar-refractivity contribution >= 4 is 39.3 Å². The van der Waals surface area contributed by atoms with Crippen LogP contribution in [0.15, 0.2) is 46.3 Å². The van der Waals surface area contributed by atoms with Gasteiger partial charge in [-0.05, 0) is 49.6 Å². The molecule has 152 valence electrons. The van der Waals surface area contributed by atoms with Crippen molar-refractivity contribution in [3.63, 3.8) is 0 Å². The van der Waals surface area contributed by atoms with Crippen LogP contribution in [0.25, 0.3) is 21.7 Å². The number of aromatic nitrogens is 2. The molecule has 29 heavy (non-hydrogen) atoms. The lowest BCUT2D eigenvalue weighted by Crippen LogP contribution is -2.40. The Morgan fingerprint density at radius 3 is 2.59 bits per heavy atom. The summed E-state index contributed by atoms with van der Waals surface area (Å²) >= 11 is 1.37. The molecule has 1 aliphatic carbocycles. The fraction of sp³-hybridized carbons (Fsp3) is 0.435. The Labute approximate surface area is 174 Å². The summed E-state index contributed by atoms with van der Waals surface area (Å²) < 4.78 is 1.67. The van der Waals surface area contributed by atoms with Crippen LogP contribution in [-0.2, 0) is 11.3 Å². The molecule has 4 rings (SSSR count). The fourth-order valence-electron chi connectivity index (χ4n) is 4.03. The Morgan fingerprint density at radius 1 is 1.21 bits per heavy atom. The predicted octanol–water partition coefficient (Wildman–Crippen LogP) is 4.50. The maximum absolute atomic E-state index is 13.1. The highest BCUT2D eigenvalue weighted by atomic mass is 32.2. The minimum atomic E-state index is -0.306. The van der Waals surface area contributed by atoms with E-state index in [1.807, 2.05) is 50.2 Å². The number of hydrogen-bond donors (Lipinski definition) is 1. The number of amides is 1. The zero-order valence-electron chi connectivity index (χ0n) is 17.0. The Morgan fingerprint density at radius 2 is 1.90 bits per heavy atom. The highest BCUT2D eigenvalue weighted by molar-refractivity contribution is 8.00. The molecule has 5 nitrogen and oxygen atoms in total. The summed E-state index contributed by atoms with van der Waals surface area (Å²) in [6.45, 7) is 4.35. The van der Waals surface area contributed by atoms with Gasteiger partial charge in [-0.25, -0.2) is 4.98 Å². The molecule has 1 aromatic heterocycles. The van der Waals surface area contributed by atoms with Crippen molar-refractivity contribution in [3.8, 4) is 0 Å². The van der Waals surface area contributed by atoms with Crippen molar-refractivity contribution in [2.75, 3.05) is 0 Å². The number of nitrogens with zero attached hydrogens (tertiary/aromatic N) is 2. The molecular formula is C23H27N3O2S. The van der Waals surface area contributed by atoms with Crippen molar-refractivity contribution in [1.82, 2.24) is 14.9 Å². The first-order chi connectivity index (χ1) is 14.1. The lowest BCUT2D eigenvalue weighted by Gasteiger charge is -2.24. The molecule has 1 N–H and O–H groups in total. The molecular weight excluding hydrogens is 382 g/mol. The highest BCUT2D eigenvalue weighted by Crippen LogP contribution is 2.26. The van der Waals surface area contributed by atoms with Gasteiger partial charge in [-0.3, -0.25) is 14.2 Å². The molecule has 1 aliphatic rings.